The Morgan fingerprint density at radius 3 is 2.77 bits per heavy atom. The van der Waals surface area contributed by atoms with Crippen LogP contribution in [0.15, 0.2) is 36.5 Å². The minimum Gasteiger partial charge on any atom is -0.288 e. The van der Waals surface area contributed by atoms with Crippen molar-refractivity contribution < 1.29 is 4.79 Å². The Kier molecular flexibility index (Phi) is 3.38. The van der Waals surface area contributed by atoms with E-state index in [0.717, 1.165) is 0 Å². The van der Waals surface area contributed by atoms with Gasteiger partial charge in [0.2, 0.25) is 5.78 Å². The maximum atomic E-state index is 11.4. The molecular weight excluding hydrogens is 162 g/mol. The molecule has 68 valence electrons. The van der Waals surface area contributed by atoms with Gasteiger partial charge in [-0.2, -0.15) is 0 Å². The van der Waals surface area contributed by atoms with Crippen LogP contribution in [0.25, 0.3) is 0 Å². The van der Waals surface area contributed by atoms with Gasteiger partial charge in [0.05, 0.1) is 0 Å². The van der Waals surface area contributed by atoms with Crippen LogP contribution in [0.4, 0.5) is 0 Å². The van der Waals surface area contributed by atoms with Crippen molar-refractivity contribution in [2.75, 3.05) is 0 Å². The third kappa shape index (κ3) is 3.20. The molecule has 0 saturated heterocycles. The van der Waals surface area contributed by atoms with Crippen LogP contribution in [0.2, 0.25) is 0 Å². The molecule has 0 saturated carbocycles. The fourth-order valence-electron chi connectivity index (χ4n) is 0.874. The molecule has 1 rings (SSSR count). The largest absolute Gasteiger partial charge is 0.288 e. The first-order valence-corrected chi connectivity index (χ1v) is 4.33. The lowest BCUT2D eigenvalue weighted by Crippen LogP contribution is -1.97. The van der Waals surface area contributed by atoms with Crippen molar-refractivity contribution in [3.8, 4) is 0 Å². The second-order valence-electron chi connectivity index (χ2n) is 3.18. The topological polar surface area (TPSA) is 30.0 Å². The van der Waals surface area contributed by atoms with Gasteiger partial charge in [-0.25, -0.2) is 0 Å². The highest BCUT2D eigenvalue weighted by molar-refractivity contribution is 6.02. The molecule has 0 aliphatic carbocycles. The number of allylic oxidation sites excluding steroid dienone is 2. The normalized spacial score (nSPS) is 11.0. The lowest BCUT2D eigenvalue weighted by molar-refractivity contribution is 0.104. The molecule has 0 spiro atoms. The van der Waals surface area contributed by atoms with Gasteiger partial charge in [-0.3, -0.25) is 9.78 Å². The number of carbonyl (C=O) groups excluding carboxylic acids is 1. The maximum absolute atomic E-state index is 11.4. The Morgan fingerprint density at radius 1 is 1.46 bits per heavy atom. The Labute approximate surface area is 78.3 Å². The van der Waals surface area contributed by atoms with E-state index < -0.39 is 0 Å². The molecular formula is C11H13NO. The van der Waals surface area contributed by atoms with E-state index in [9.17, 15) is 4.79 Å². The van der Waals surface area contributed by atoms with Gasteiger partial charge in [-0.1, -0.05) is 26.0 Å². The van der Waals surface area contributed by atoms with Gasteiger partial charge in [0.1, 0.15) is 5.69 Å². The molecule has 1 aromatic heterocycles. The Bertz CT molecular complexity index is 301. The van der Waals surface area contributed by atoms with Gasteiger partial charge >= 0.3 is 0 Å². The van der Waals surface area contributed by atoms with E-state index in [2.05, 4.69) is 4.98 Å². The average molecular weight is 175 g/mol. The standard InChI is InChI=1S/C11H13NO/c1-9(2)6-7-11(13)10-5-3-4-8-12-10/h3-9H,1-2H3/b7-6+. The van der Waals surface area contributed by atoms with Gasteiger partial charge in [-0.05, 0) is 24.1 Å². The third-order valence-corrected chi connectivity index (χ3v) is 1.55. The summed E-state index contributed by atoms with van der Waals surface area (Å²) in [6.07, 6.45) is 5.07. The predicted molar refractivity (Wildman–Crippen MR) is 52.5 cm³/mol. The van der Waals surface area contributed by atoms with Crippen molar-refractivity contribution in [1.29, 1.82) is 0 Å². The maximum Gasteiger partial charge on any atom is 0.203 e. The summed E-state index contributed by atoms with van der Waals surface area (Å²) in [6.45, 7) is 4.06. The summed E-state index contributed by atoms with van der Waals surface area (Å²) in [5.74, 6) is 0.363. The Hall–Kier alpha value is -1.44. The summed E-state index contributed by atoms with van der Waals surface area (Å²) in [6, 6.07) is 5.32. The molecule has 1 heterocycles. The number of rotatable bonds is 3. The van der Waals surface area contributed by atoms with Crippen molar-refractivity contribution in [3.05, 3.63) is 42.2 Å². The summed E-state index contributed by atoms with van der Waals surface area (Å²) in [7, 11) is 0. The van der Waals surface area contributed by atoms with Crippen LogP contribution in [0.3, 0.4) is 0 Å². The highest BCUT2D eigenvalue weighted by Crippen LogP contribution is 1.99. The van der Waals surface area contributed by atoms with Crippen LogP contribution in [-0.2, 0) is 0 Å². The summed E-state index contributed by atoms with van der Waals surface area (Å²) >= 11 is 0. The minimum absolute atomic E-state index is 0.0331. The van der Waals surface area contributed by atoms with E-state index in [4.69, 9.17) is 0 Å². The zero-order valence-corrected chi connectivity index (χ0v) is 7.90. The lowest BCUT2D eigenvalue weighted by Gasteiger charge is -1.94. The van der Waals surface area contributed by atoms with Gasteiger partial charge in [0.15, 0.2) is 0 Å². The van der Waals surface area contributed by atoms with Gasteiger partial charge in [0, 0.05) is 6.20 Å². The molecule has 0 aromatic carbocycles. The molecule has 0 radical (unpaired) electrons. The van der Waals surface area contributed by atoms with Crippen LogP contribution in [-0.4, -0.2) is 10.8 Å². The third-order valence-electron chi connectivity index (χ3n) is 1.55. The van der Waals surface area contributed by atoms with E-state index in [1.54, 1.807) is 24.4 Å². The van der Waals surface area contributed by atoms with Crippen LogP contribution in [0.1, 0.15) is 24.3 Å². The van der Waals surface area contributed by atoms with Crippen LogP contribution >= 0.6 is 0 Å². The van der Waals surface area contributed by atoms with E-state index in [0.29, 0.717) is 11.6 Å². The van der Waals surface area contributed by atoms with E-state index in [1.165, 1.54) is 0 Å². The molecule has 0 N–H and O–H groups in total. The Balaban J connectivity index is 2.70. The van der Waals surface area contributed by atoms with Crippen molar-refractivity contribution in [2.45, 2.75) is 13.8 Å². The highest BCUT2D eigenvalue weighted by atomic mass is 16.1. The van der Waals surface area contributed by atoms with Crippen LogP contribution < -0.4 is 0 Å². The molecule has 0 amide bonds. The van der Waals surface area contributed by atoms with Gasteiger partial charge in [-0.15, -0.1) is 0 Å². The zero-order chi connectivity index (χ0) is 9.68. The summed E-state index contributed by atoms with van der Waals surface area (Å²) in [4.78, 5) is 15.4. The minimum atomic E-state index is -0.0331. The summed E-state index contributed by atoms with van der Waals surface area (Å²) in [5.41, 5.74) is 0.499. The van der Waals surface area contributed by atoms with Crippen molar-refractivity contribution in [3.63, 3.8) is 0 Å². The second kappa shape index (κ2) is 4.55. The number of nitrogens with zero attached hydrogens (tertiary/aromatic N) is 1. The number of carbonyl (C=O) groups is 1. The quantitative estimate of drug-likeness (QED) is 0.521. The first kappa shape index (κ1) is 9.65. The summed E-state index contributed by atoms with van der Waals surface area (Å²) < 4.78 is 0. The summed E-state index contributed by atoms with van der Waals surface area (Å²) in [5, 5.41) is 0. The van der Waals surface area contributed by atoms with Crippen molar-refractivity contribution in [2.24, 2.45) is 5.92 Å². The fraction of sp³-hybridized carbons (Fsp3) is 0.273. The molecule has 0 atom stereocenters. The number of hydrogen-bond acceptors (Lipinski definition) is 2. The number of aromatic nitrogens is 1. The highest BCUT2D eigenvalue weighted by Gasteiger charge is 2.00. The molecule has 1 aromatic rings. The number of hydrogen-bond donors (Lipinski definition) is 0. The van der Waals surface area contributed by atoms with E-state index in [-0.39, 0.29) is 5.78 Å². The smallest absolute Gasteiger partial charge is 0.203 e. The average Bonchev–Trinajstić information content (AvgIpc) is 2.15. The van der Waals surface area contributed by atoms with E-state index in [1.807, 2.05) is 26.0 Å². The van der Waals surface area contributed by atoms with Crippen LogP contribution in [0.5, 0.6) is 0 Å². The van der Waals surface area contributed by atoms with Gasteiger partial charge in [0.25, 0.3) is 0 Å². The molecule has 2 heteroatoms. The molecule has 0 unspecified atom stereocenters. The number of pyridine rings is 1. The first-order valence-electron chi connectivity index (χ1n) is 4.33. The van der Waals surface area contributed by atoms with Crippen molar-refractivity contribution in [1.82, 2.24) is 4.98 Å². The monoisotopic (exact) mass is 175 g/mol. The fourth-order valence-corrected chi connectivity index (χ4v) is 0.874. The van der Waals surface area contributed by atoms with Gasteiger partial charge < -0.3 is 0 Å². The molecule has 0 aliphatic rings. The first-order chi connectivity index (χ1) is 6.20. The Morgan fingerprint density at radius 2 is 2.23 bits per heavy atom. The molecule has 0 aliphatic heterocycles. The number of ketones is 1. The second-order valence-corrected chi connectivity index (χ2v) is 3.18. The zero-order valence-electron chi connectivity index (χ0n) is 7.90. The lowest BCUT2D eigenvalue weighted by atomic mass is 10.1. The molecule has 2 nitrogen and oxygen atoms in total. The van der Waals surface area contributed by atoms with E-state index >= 15 is 0 Å². The van der Waals surface area contributed by atoms with Crippen molar-refractivity contribution >= 4 is 5.78 Å². The molecule has 13 heavy (non-hydrogen) atoms. The van der Waals surface area contributed by atoms with Crippen LogP contribution in [0, 0.1) is 5.92 Å². The molecule has 0 fully saturated rings. The SMILES string of the molecule is CC(C)/C=C/C(=O)c1ccccn1. The predicted octanol–water partition coefficient (Wildman–Crippen LogP) is 2.48. The molecule has 0 bridgehead atoms.